The van der Waals surface area contributed by atoms with E-state index in [2.05, 4.69) is 101 Å². The molecule has 2 aromatic carbocycles. The minimum Gasteiger partial charge on any atom is -1.00 e. The van der Waals surface area contributed by atoms with Crippen molar-refractivity contribution in [1.82, 2.24) is 4.57 Å². The topological polar surface area (TPSA) is 4.93 Å². The van der Waals surface area contributed by atoms with Crippen molar-refractivity contribution in [2.45, 2.75) is 41.5 Å². The normalized spacial score (nSPS) is 15.1. The molecule has 0 saturated heterocycles. The van der Waals surface area contributed by atoms with Crippen LogP contribution in [0.15, 0.2) is 65.4 Å². The third kappa shape index (κ3) is 5.70. The zero-order chi connectivity index (χ0) is 18.1. The van der Waals surface area contributed by atoms with Gasteiger partial charge < -0.3 is 29.4 Å². The van der Waals surface area contributed by atoms with Gasteiger partial charge in [-0.25, -0.2) is 5.57 Å². The summed E-state index contributed by atoms with van der Waals surface area (Å²) in [5, 5.41) is 2.62. The molecule has 0 aliphatic heterocycles. The van der Waals surface area contributed by atoms with Crippen molar-refractivity contribution in [2.75, 3.05) is 0 Å². The van der Waals surface area contributed by atoms with E-state index in [1.807, 2.05) is 0 Å². The van der Waals surface area contributed by atoms with Gasteiger partial charge in [-0.2, -0.15) is 11.1 Å². The van der Waals surface area contributed by atoms with Crippen LogP contribution in [0, 0.1) is 25.8 Å². The van der Waals surface area contributed by atoms with Crippen LogP contribution < -0.4 is 24.8 Å². The Balaban J connectivity index is 0.000000533. The second-order valence-electron chi connectivity index (χ2n) is 7.17. The monoisotopic (exact) mass is 447 g/mol. The second-order valence-corrected chi connectivity index (χ2v) is 7.17. The van der Waals surface area contributed by atoms with Gasteiger partial charge in [0.15, 0.2) is 0 Å². The molecule has 1 aliphatic carbocycles. The zero-order valence-corrected chi connectivity index (χ0v) is 20.5. The van der Waals surface area contributed by atoms with Gasteiger partial charge in [-0.05, 0) is 31.2 Å². The predicted octanol–water partition coefficient (Wildman–Crippen LogP) is 0.694. The predicted molar refractivity (Wildman–Crippen MR) is 108 cm³/mol. The average molecular weight is 448 g/mol. The Morgan fingerprint density at radius 1 is 0.964 bits per heavy atom. The molecule has 0 amide bonds. The van der Waals surface area contributed by atoms with Crippen LogP contribution in [0.4, 0.5) is 0 Å². The molecule has 0 N–H and O–H groups in total. The Labute approximate surface area is 197 Å². The van der Waals surface area contributed by atoms with Crippen LogP contribution in [0.2, 0.25) is 0 Å². The molecule has 1 unspecified atom stereocenters. The van der Waals surface area contributed by atoms with E-state index in [0.29, 0.717) is 5.92 Å². The third-order valence-electron chi connectivity index (χ3n) is 5.27. The van der Waals surface area contributed by atoms with Gasteiger partial charge in [0.2, 0.25) is 0 Å². The molecular formula is C24H27Cl2NTi. The second kappa shape index (κ2) is 11.2. The first-order valence-electron chi connectivity index (χ1n) is 8.96. The number of rotatable bonds is 1. The summed E-state index contributed by atoms with van der Waals surface area (Å²) in [7, 11) is 0. The Hall–Kier alpha value is -1.12. The molecule has 0 bridgehead atoms. The van der Waals surface area contributed by atoms with Crippen molar-refractivity contribution in [3.63, 3.8) is 0 Å². The van der Waals surface area contributed by atoms with Gasteiger partial charge in [0.1, 0.15) is 0 Å². The number of allylic oxidation sites excluding steroid dienone is 4. The van der Waals surface area contributed by atoms with Crippen molar-refractivity contribution in [2.24, 2.45) is 5.92 Å². The number of benzene rings is 1. The minimum atomic E-state index is 0. The molecule has 4 rings (SSSR count). The summed E-state index contributed by atoms with van der Waals surface area (Å²) in [5.41, 5.74) is 8.09. The summed E-state index contributed by atoms with van der Waals surface area (Å²) in [5.74, 6) is 0.560. The first-order valence-corrected chi connectivity index (χ1v) is 8.96. The number of nitrogens with zero attached hydrogens (tertiary/aromatic N) is 1. The SMILES string of the molecule is CC1=[C-]C(C)C(C)=C1C.Cc1cc(C)n(-c2cc3ccccc3[cH-]2)c1.[Cl-].[Cl-].[Ti+4]. The van der Waals surface area contributed by atoms with E-state index in [9.17, 15) is 0 Å². The van der Waals surface area contributed by atoms with Gasteiger partial charge in [0.25, 0.3) is 0 Å². The fraction of sp³-hybridized carbons (Fsp3) is 0.292. The fourth-order valence-corrected chi connectivity index (χ4v) is 3.45. The van der Waals surface area contributed by atoms with Crippen LogP contribution in [0.3, 0.4) is 0 Å². The van der Waals surface area contributed by atoms with Gasteiger partial charge in [-0.1, -0.05) is 32.8 Å². The number of aromatic nitrogens is 1. The molecule has 1 nitrogen and oxygen atoms in total. The van der Waals surface area contributed by atoms with E-state index < -0.39 is 0 Å². The van der Waals surface area contributed by atoms with Gasteiger partial charge in [-0.3, -0.25) is 6.08 Å². The van der Waals surface area contributed by atoms with Crippen molar-refractivity contribution in [3.8, 4) is 5.69 Å². The third-order valence-corrected chi connectivity index (χ3v) is 5.27. The molecule has 28 heavy (non-hydrogen) atoms. The standard InChI is InChI=1S/C15H14N.C9H13.2ClH.Ti/c1-11-7-12(2)16(10-11)15-8-13-5-3-4-6-14(13)9-15;1-6-5-7(2)9(4)8(6)3;;;/h3-10H,1-2H3;6H,1-4H3;2*1H;/q2*-1;;;+4/p-2. The molecule has 0 fully saturated rings. The van der Waals surface area contributed by atoms with Gasteiger partial charge in [0, 0.05) is 11.9 Å². The molecule has 1 atom stereocenters. The van der Waals surface area contributed by atoms with Crippen LogP contribution in [-0.2, 0) is 21.7 Å². The maximum atomic E-state index is 3.36. The van der Waals surface area contributed by atoms with Gasteiger partial charge >= 0.3 is 21.7 Å². The first kappa shape index (κ1) is 26.9. The van der Waals surface area contributed by atoms with E-state index >= 15 is 0 Å². The fourth-order valence-electron chi connectivity index (χ4n) is 3.45. The molecular weight excluding hydrogens is 421 g/mol. The molecule has 1 aliphatic rings. The average Bonchev–Trinajstić information content (AvgIpc) is 3.21. The largest absolute Gasteiger partial charge is 4.00 e. The number of hydrogen-bond acceptors (Lipinski definition) is 0. The van der Waals surface area contributed by atoms with E-state index in [1.54, 1.807) is 0 Å². The van der Waals surface area contributed by atoms with E-state index in [0.717, 1.165) is 0 Å². The van der Waals surface area contributed by atoms with Gasteiger partial charge in [-0.15, -0.1) is 48.0 Å². The molecule has 0 spiro atoms. The van der Waals surface area contributed by atoms with Crippen molar-refractivity contribution < 1.29 is 46.5 Å². The van der Waals surface area contributed by atoms with E-state index in [4.69, 9.17) is 0 Å². The number of hydrogen-bond donors (Lipinski definition) is 0. The maximum absolute atomic E-state index is 3.36. The van der Waals surface area contributed by atoms with Crippen LogP contribution >= 0.6 is 0 Å². The van der Waals surface area contributed by atoms with E-state index in [1.165, 1.54) is 44.4 Å². The summed E-state index contributed by atoms with van der Waals surface area (Å²) in [4.78, 5) is 0. The number of halogens is 2. The Morgan fingerprint density at radius 3 is 2.04 bits per heavy atom. The molecule has 4 heteroatoms. The smallest absolute Gasteiger partial charge is 1.00 e. The minimum absolute atomic E-state index is 0. The van der Waals surface area contributed by atoms with Crippen LogP contribution in [0.5, 0.6) is 0 Å². The summed E-state index contributed by atoms with van der Waals surface area (Å²) < 4.78 is 2.25. The maximum Gasteiger partial charge on any atom is 4.00 e. The van der Waals surface area contributed by atoms with Crippen LogP contribution in [0.1, 0.15) is 39.0 Å². The molecule has 3 aromatic rings. The van der Waals surface area contributed by atoms with Crippen molar-refractivity contribution in [1.29, 1.82) is 0 Å². The Kier molecular flexibility index (Phi) is 10.7. The molecule has 1 heterocycles. The summed E-state index contributed by atoms with van der Waals surface area (Å²) >= 11 is 0. The zero-order valence-electron chi connectivity index (χ0n) is 17.4. The summed E-state index contributed by atoms with van der Waals surface area (Å²) in [6.07, 6.45) is 5.54. The van der Waals surface area contributed by atoms with E-state index in [-0.39, 0.29) is 46.5 Å². The molecule has 1 aromatic heterocycles. The molecule has 0 radical (unpaired) electrons. The number of fused-ring (bicyclic) bond motifs is 1. The Bertz CT molecular complexity index is 943. The number of aryl methyl sites for hydroxylation is 2. The Morgan fingerprint density at radius 2 is 1.61 bits per heavy atom. The molecule has 146 valence electrons. The summed E-state index contributed by atoms with van der Waals surface area (Å²) in [6, 6.07) is 15.2. The van der Waals surface area contributed by atoms with Crippen LogP contribution in [0.25, 0.3) is 16.5 Å². The van der Waals surface area contributed by atoms with Crippen molar-refractivity contribution in [3.05, 3.63) is 82.7 Å². The van der Waals surface area contributed by atoms with Gasteiger partial charge in [0.05, 0.1) is 0 Å². The quantitative estimate of drug-likeness (QED) is 0.382. The van der Waals surface area contributed by atoms with Crippen molar-refractivity contribution >= 4 is 10.8 Å². The van der Waals surface area contributed by atoms with Crippen LogP contribution in [-0.4, -0.2) is 4.57 Å². The summed E-state index contributed by atoms with van der Waals surface area (Å²) in [6.45, 7) is 12.9. The first-order chi connectivity index (χ1) is 11.9. The molecule has 0 saturated carbocycles.